The van der Waals surface area contributed by atoms with E-state index < -0.39 is 25.8 Å². The van der Waals surface area contributed by atoms with Gasteiger partial charge in [-0.25, -0.2) is 33.8 Å². The second-order valence-corrected chi connectivity index (χ2v) is 4.37. The first-order chi connectivity index (χ1) is 7.73. The van der Waals surface area contributed by atoms with E-state index in [9.17, 15) is 28.6 Å². The van der Waals surface area contributed by atoms with Gasteiger partial charge < -0.3 is 0 Å². The van der Waals surface area contributed by atoms with Crippen molar-refractivity contribution in [2.45, 2.75) is 4.90 Å². The van der Waals surface area contributed by atoms with E-state index in [-0.39, 0.29) is 10.0 Å². The van der Waals surface area contributed by atoms with Crippen LogP contribution >= 0.6 is 0 Å². The third-order valence-corrected chi connectivity index (χ3v) is 2.63. The van der Waals surface area contributed by atoms with Crippen LogP contribution in [0.4, 0.5) is 5.69 Å². The van der Waals surface area contributed by atoms with Gasteiger partial charge >= 0.3 is 0 Å². The quantitative estimate of drug-likeness (QED) is 0.568. The number of anilines is 1. The molecule has 1 aromatic carbocycles. The van der Waals surface area contributed by atoms with Crippen LogP contribution in [0.25, 0.3) is 0 Å². The van der Waals surface area contributed by atoms with Gasteiger partial charge in [0.25, 0.3) is 0 Å². The Kier molecular flexibility index (Phi) is 3.24. The molecular weight excluding hydrogens is 256 g/mol. The minimum Gasteiger partial charge on any atom is -0.230 e. The van der Waals surface area contributed by atoms with Crippen LogP contribution in [0.5, 0.6) is 0 Å². The average molecular weight is 262 g/mol. The smallest absolute Gasteiger partial charge is 0.230 e. The van der Waals surface area contributed by atoms with Crippen molar-refractivity contribution < 1.29 is 18.5 Å². The summed E-state index contributed by atoms with van der Waals surface area (Å²) in [5, 5.41) is 22.7. The number of sulfonamides is 1. The Morgan fingerprint density at radius 2 is 1.47 bits per heavy atom. The molecule has 0 saturated heterocycles. The van der Waals surface area contributed by atoms with Gasteiger partial charge in [0.05, 0.1) is 4.90 Å². The summed E-state index contributed by atoms with van der Waals surface area (Å²) < 4.78 is 21.8. The van der Waals surface area contributed by atoms with Crippen LogP contribution < -0.4 is 10.3 Å². The van der Waals surface area contributed by atoms with Crippen molar-refractivity contribution >= 4 is 15.7 Å². The minimum absolute atomic E-state index is 0.298. The topological polar surface area (TPSA) is 150 Å². The summed E-state index contributed by atoms with van der Waals surface area (Å²) in [6.07, 6.45) is 0. The van der Waals surface area contributed by atoms with E-state index in [0.717, 1.165) is 24.3 Å². The van der Waals surface area contributed by atoms with E-state index in [2.05, 4.69) is 0 Å². The zero-order chi connectivity index (χ0) is 13.2. The SMILES string of the molecule is NS(=O)(=O)c1ccc(N([N+](=O)[O-])[N+](=O)[O-])cc1. The van der Waals surface area contributed by atoms with E-state index in [1.54, 1.807) is 0 Å². The fraction of sp³-hybridized carbons (Fsp3) is 0. The van der Waals surface area contributed by atoms with Crippen molar-refractivity contribution in [3.8, 4) is 0 Å². The second kappa shape index (κ2) is 4.31. The maximum atomic E-state index is 10.9. The Bertz CT molecular complexity index is 538. The van der Waals surface area contributed by atoms with E-state index in [4.69, 9.17) is 5.14 Å². The van der Waals surface area contributed by atoms with Crippen LogP contribution in [0.3, 0.4) is 0 Å². The molecule has 0 aliphatic carbocycles. The van der Waals surface area contributed by atoms with E-state index in [0.29, 0.717) is 0 Å². The molecule has 11 heteroatoms. The van der Waals surface area contributed by atoms with Crippen molar-refractivity contribution in [2.75, 3.05) is 5.12 Å². The van der Waals surface area contributed by atoms with Gasteiger partial charge in [-0.1, -0.05) is 0 Å². The number of benzene rings is 1. The van der Waals surface area contributed by atoms with E-state index in [1.165, 1.54) is 0 Å². The van der Waals surface area contributed by atoms with Crippen molar-refractivity contribution in [1.82, 2.24) is 0 Å². The number of nitro groups is 2. The van der Waals surface area contributed by atoms with Crippen LogP contribution in [0, 0.1) is 20.2 Å². The number of rotatable bonds is 4. The highest BCUT2D eigenvalue weighted by Gasteiger charge is 2.30. The standard InChI is InChI=1S/C6H6N4O6S/c7-17(15,16)6-3-1-5(2-4-6)8(9(11)12)10(13)14/h1-4H,(H2,7,15,16). The highest BCUT2D eigenvalue weighted by atomic mass is 32.2. The zero-order valence-electron chi connectivity index (χ0n) is 8.09. The molecule has 0 radical (unpaired) electrons. The first-order valence-corrected chi connectivity index (χ1v) is 5.49. The highest BCUT2D eigenvalue weighted by Crippen LogP contribution is 2.17. The predicted octanol–water partition coefficient (Wildman–Crippen LogP) is -0.476. The Morgan fingerprint density at radius 3 is 1.76 bits per heavy atom. The molecule has 10 nitrogen and oxygen atoms in total. The normalized spacial score (nSPS) is 10.9. The van der Waals surface area contributed by atoms with Gasteiger partial charge in [-0.2, -0.15) is 0 Å². The molecule has 0 saturated carbocycles. The van der Waals surface area contributed by atoms with Gasteiger partial charge in [0.1, 0.15) is 0 Å². The summed E-state index contributed by atoms with van der Waals surface area (Å²) in [6, 6.07) is 3.69. The van der Waals surface area contributed by atoms with Gasteiger partial charge in [0, 0.05) is 0 Å². The molecule has 0 aliphatic rings. The maximum absolute atomic E-state index is 10.9. The number of nitrogens with two attached hydrogens (primary N) is 1. The first kappa shape index (κ1) is 12.8. The predicted molar refractivity (Wildman–Crippen MR) is 54.3 cm³/mol. The lowest BCUT2D eigenvalue weighted by atomic mass is 10.3. The molecule has 0 unspecified atom stereocenters. The maximum Gasteiger partial charge on any atom is 0.238 e. The Hall–Kier alpha value is -2.27. The molecule has 0 atom stereocenters. The third kappa shape index (κ3) is 2.85. The highest BCUT2D eigenvalue weighted by molar-refractivity contribution is 7.89. The fourth-order valence-corrected chi connectivity index (χ4v) is 1.53. The van der Waals surface area contributed by atoms with Gasteiger partial charge in [0.15, 0.2) is 10.8 Å². The molecule has 92 valence electrons. The Morgan fingerprint density at radius 1 is 1.06 bits per heavy atom. The summed E-state index contributed by atoms with van der Waals surface area (Å²) in [5.41, 5.74) is -0.396. The molecule has 0 fully saturated rings. The lowest BCUT2D eigenvalue weighted by Crippen LogP contribution is -2.35. The number of hydrogen-bond donors (Lipinski definition) is 1. The summed E-state index contributed by atoms with van der Waals surface area (Å²) in [5.74, 6) is 0. The number of hydrogen-bond acceptors (Lipinski definition) is 6. The summed E-state index contributed by atoms with van der Waals surface area (Å²) in [4.78, 5) is 20.4. The number of hydrazine groups is 2. The number of nitrogens with zero attached hydrogens (tertiary/aromatic N) is 3. The largest absolute Gasteiger partial charge is 0.238 e. The van der Waals surface area contributed by atoms with Gasteiger partial charge in [-0.15, -0.1) is 0 Å². The first-order valence-electron chi connectivity index (χ1n) is 3.95. The zero-order valence-corrected chi connectivity index (χ0v) is 8.90. The monoisotopic (exact) mass is 262 g/mol. The van der Waals surface area contributed by atoms with Crippen LogP contribution in [-0.2, 0) is 10.0 Å². The van der Waals surface area contributed by atoms with Crippen molar-refractivity contribution in [2.24, 2.45) is 5.14 Å². The van der Waals surface area contributed by atoms with Crippen LogP contribution in [0.1, 0.15) is 0 Å². The van der Waals surface area contributed by atoms with Crippen LogP contribution in [0.2, 0.25) is 0 Å². The molecule has 17 heavy (non-hydrogen) atoms. The molecule has 0 amide bonds. The Labute approximate surface area is 94.5 Å². The van der Waals surface area contributed by atoms with Crippen LogP contribution in [-0.4, -0.2) is 18.5 Å². The second-order valence-electron chi connectivity index (χ2n) is 2.80. The minimum atomic E-state index is -3.94. The molecule has 0 aliphatic heterocycles. The molecule has 0 heterocycles. The van der Waals surface area contributed by atoms with E-state index >= 15 is 0 Å². The van der Waals surface area contributed by atoms with Gasteiger partial charge in [0.2, 0.25) is 20.1 Å². The van der Waals surface area contributed by atoms with E-state index in [1.807, 2.05) is 0 Å². The molecule has 1 rings (SSSR count). The van der Waals surface area contributed by atoms with Crippen molar-refractivity contribution in [3.05, 3.63) is 44.5 Å². The fourth-order valence-electron chi connectivity index (χ4n) is 1.02. The van der Waals surface area contributed by atoms with Gasteiger partial charge in [-0.05, 0) is 24.3 Å². The lowest BCUT2D eigenvalue weighted by Gasteiger charge is -2.03. The summed E-state index contributed by atoms with van der Waals surface area (Å²) >= 11 is 0. The molecular formula is C6H6N4O6S. The molecule has 0 aromatic heterocycles. The van der Waals surface area contributed by atoms with Crippen molar-refractivity contribution in [1.29, 1.82) is 0 Å². The summed E-state index contributed by atoms with van der Waals surface area (Å²) in [7, 11) is -3.94. The van der Waals surface area contributed by atoms with Gasteiger partial charge in [-0.3, -0.25) is 0 Å². The molecule has 2 N–H and O–H groups in total. The number of primary sulfonamides is 1. The Balaban J connectivity index is 3.18. The molecule has 1 aromatic rings. The summed E-state index contributed by atoms with van der Waals surface area (Å²) in [6.45, 7) is 0. The van der Waals surface area contributed by atoms with Crippen LogP contribution in [0.15, 0.2) is 29.2 Å². The average Bonchev–Trinajstić information content (AvgIpc) is 2.15. The third-order valence-electron chi connectivity index (χ3n) is 1.71. The lowest BCUT2D eigenvalue weighted by molar-refractivity contribution is -0.711. The molecule has 0 bridgehead atoms. The molecule has 0 spiro atoms. The van der Waals surface area contributed by atoms with Crippen molar-refractivity contribution in [3.63, 3.8) is 0 Å².